The van der Waals surface area contributed by atoms with Gasteiger partial charge in [-0.15, -0.1) is 0 Å². The van der Waals surface area contributed by atoms with E-state index in [1.165, 1.54) is 19.6 Å². The molecule has 1 amide bonds. The summed E-state index contributed by atoms with van der Waals surface area (Å²) in [7, 11) is 1.33. The van der Waals surface area contributed by atoms with Crippen molar-refractivity contribution in [3.63, 3.8) is 0 Å². The monoisotopic (exact) mass is 510 g/mol. The van der Waals surface area contributed by atoms with E-state index < -0.39 is 24.3 Å². The summed E-state index contributed by atoms with van der Waals surface area (Å²) in [5, 5.41) is 14.4. The number of anilines is 1. The van der Waals surface area contributed by atoms with Crippen LogP contribution in [0.2, 0.25) is 5.02 Å². The topological polar surface area (TPSA) is 149 Å². The van der Waals surface area contributed by atoms with Crippen molar-refractivity contribution < 1.29 is 19.5 Å². The number of halogens is 1. The van der Waals surface area contributed by atoms with E-state index in [9.17, 15) is 9.90 Å². The van der Waals surface area contributed by atoms with Crippen molar-refractivity contribution >= 4 is 34.5 Å². The fraction of sp³-hybridized carbons (Fsp3) is 0.304. The molecular weight excluding hydrogens is 488 g/mol. The highest BCUT2D eigenvalue weighted by Gasteiger charge is 2.40. The van der Waals surface area contributed by atoms with Gasteiger partial charge in [0.1, 0.15) is 12.2 Å². The summed E-state index contributed by atoms with van der Waals surface area (Å²) in [6.45, 7) is 2.39. The number of imidazole rings is 1. The van der Waals surface area contributed by atoms with Gasteiger partial charge < -0.3 is 15.2 Å². The van der Waals surface area contributed by atoms with Crippen LogP contribution in [-0.2, 0) is 20.9 Å². The second-order valence-corrected chi connectivity index (χ2v) is 8.72. The summed E-state index contributed by atoms with van der Waals surface area (Å²) in [5.74, 6) is 0.315. The minimum atomic E-state index is -0.978. The maximum absolute atomic E-state index is 12.2. The van der Waals surface area contributed by atoms with Gasteiger partial charge in [-0.1, -0.05) is 11.6 Å². The third-order valence-corrected chi connectivity index (χ3v) is 5.86. The van der Waals surface area contributed by atoms with Crippen LogP contribution in [0.3, 0.4) is 0 Å². The Morgan fingerprint density at radius 3 is 2.94 bits per heavy atom. The van der Waals surface area contributed by atoms with Crippen LogP contribution in [0.4, 0.5) is 5.82 Å². The predicted octanol–water partition coefficient (Wildman–Crippen LogP) is 2.18. The normalized spacial score (nSPS) is 19.5. The minimum absolute atomic E-state index is 0.0832. The van der Waals surface area contributed by atoms with Crippen LogP contribution in [-0.4, -0.2) is 59.8 Å². The molecule has 1 fully saturated rings. The van der Waals surface area contributed by atoms with Crippen LogP contribution in [0, 0.1) is 6.92 Å². The molecule has 0 aromatic carbocycles. The third kappa shape index (κ3) is 4.84. The van der Waals surface area contributed by atoms with Crippen LogP contribution in [0.1, 0.15) is 23.9 Å². The van der Waals surface area contributed by atoms with Crippen molar-refractivity contribution in [2.75, 3.05) is 12.4 Å². The number of hydrogen-bond donors (Lipinski definition) is 3. The van der Waals surface area contributed by atoms with Gasteiger partial charge in [0, 0.05) is 30.6 Å². The van der Waals surface area contributed by atoms with E-state index in [-0.39, 0.29) is 6.42 Å². The number of nitrogens with zero attached hydrogens (tertiary/aromatic N) is 6. The molecule has 36 heavy (non-hydrogen) atoms. The Hall–Kier alpha value is -3.71. The standard InChI is InChI=1S/C23H23ClN8O4/c1-12-3-4-26-15(5-12)10-27-20-18-21(30-19(29-20)13-6-14(24)9-25-8-13)32(11-28-18)23-16(33)7-17(36-23)22(34)31-35-2/h3-6,8-9,11,16-17,23,33H,7,10H2,1-2H3,(H,31,34)(H,27,29,30)/t16-,17+,23-/m1/s1. The first-order valence-corrected chi connectivity index (χ1v) is 11.5. The molecule has 0 aliphatic carbocycles. The zero-order valence-corrected chi connectivity index (χ0v) is 20.2. The number of carbonyl (C=O) groups is 1. The molecule has 0 bridgehead atoms. The van der Waals surface area contributed by atoms with E-state index in [1.54, 1.807) is 23.0 Å². The van der Waals surface area contributed by atoms with E-state index in [0.29, 0.717) is 39.9 Å². The molecule has 13 heteroatoms. The van der Waals surface area contributed by atoms with Gasteiger partial charge in [-0.3, -0.25) is 24.2 Å². The number of aliphatic hydroxyl groups excluding tert-OH is 1. The number of carbonyl (C=O) groups excluding carboxylic acids is 1. The molecule has 0 unspecified atom stereocenters. The van der Waals surface area contributed by atoms with Crippen molar-refractivity contribution in [1.82, 2.24) is 35.0 Å². The van der Waals surface area contributed by atoms with Crippen LogP contribution < -0.4 is 10.8 Å². The van der Waals surface area contributed by atoms with Gasteiger partial charge in [-0.25, -0.2) is 20.4 Å². The first-order chi connectivity index (χ1) is 17.4. The van der Waals surface area contributed by atoms with E-state index in [0.717, 1.165) is 11.3 Å². The Kier molecular flexibility index (Phi) is 6.74. The summed E-state index contributed by atoms with van der Waals surface area (Å²) in [5.41, 5.74) is 5.60. The van der Waals surface area contributed by atoms with Crippen molar-refractivity contribution in [3.8, 4) is 11.4 Å². The van der Waals surface area contributed by atoms with Crippen molar-refractivity contribution in [2.24, 2.45) is 0 Å². The molecule has 1 aliphatic rings. The maximum Gasteiger partial charge on any atom is 0.272 e. The Labute approximate surface area is 210 Å². The van der Waals surface area contributed by atoms with Gasteiger partial charge in [-0.2, -0.15) is 0 Å². The number of aryl methyl sites for hydroxylation is 1. The van der Waals surface area contributed by atoms with E-state index in [2.05, 4.69) is 40.6 Å². The molecule has 5 heterocycles. The Balaban J connectivity index is 1.54. The Morgan fingerprint density at radius 1 is 1.31 bits per heavy atom. The van der Waals surface area contributed by atoms with Crippen molar-refractivity contribution in [3.05, 3.63) is 59.4 Å². The SMILES string of the molecule is CONC(=O)[C@@H]1C[C@@H](O)[C@H](n2cnc3c(NCc4cc(C)ccn4)nc(-c4cncc(Cl)c4)nc32)O1. The average Bonchev–Trinajstić information content (AvgIpc) is 3.46. The number of nitrogens with one attached hydrogen (secondary N) is 2. The molecular formula is C23H23ClN8O4. The molecule has 1 aliphatic heterocycles. The number of fused-ring (bicyclic) bond motifs is 1. The number of hydroxylamine groups is 1. The van der Waals surface area contributed by atoms with Crippen LogP contribution in [0.5, 0.6) is 0 Å². The second-order valence-electron chi connectivity index (χ2n) is 8.28. The summed E-state index contributed by atoms with van der Waals surface area (Å²) < 4.78 is 7.43. The molecule has 0 saturated carbocycles. The number of ether oxygens (including phenoxy) is 1. The lowest BCUT2D eigenvalue weighted by atomic mass is 10.2. The largest absolute Gasteiger partial charge is 0.388 e. The van der Waals surface area contributed by atoms with Gasteiger partial charge in [0.2, 0.25) is 0 Å². The van der Waals surface area contributed by atoms with Gasteiger partial charge in [-0.05, 0) is 30.7 Å². The van der Waals surface area contributed by atoms with Crippen LogP contribution in [0.15, 0.2) is 43.1 Å². The molecule has 4 aromatic heterocycles. The lowest BCUT2D eigenvalue weighted by molar-refractivity contribution is -0.145. The van der Waals surface area contributed by atoms with Gasteiger partial charge in [0.05, 0.1) is 30.7 Å². The highest BCUT2D eigenvalue weighted by Crippen LogP contribution is 2.33. The minimum Gasteiger partial charge on any atom is -0.388 e. The summed E-state index contributed by atoms with van der Waals surface area (Å²) >= 11 is 6.15. The predicted molar refractivity (Wildman–Crippen MR) is 130 cm³/mol. The zero-order valence-electron chi connectivity index (χ0n) is 19.4. The fourth-order valence-electron chi connectivity index (χ4n) is 4.00. The third-order valence-electron chi connectivity index (χ3n) is 5.65. The highest BCUT2D eigenvalue weighted by molar-refractivity contribution is 6.30. The molecule has 4 aromatic rings. The summed E-state index contributed by atoms with van der Waals surface area (Å²) in [6, 6.07) is 5.60. The maximum atomic E-state index is 12.2. The first-order valence-electron chi connectivity index (χ1n) is 11.1. The van der Waals surface area contributed by atoms with E-state index >= 15 is 0 Å². The highest BCUT2D eigenvalue weighted by atomic mass is 35.5. The second kappa shape index (κ2) is 10.1. The smallest absolute Gasteiger partial charge is 0.272 e. The summed E-state index contributed by atoms with van der Waals surface area (Å²) in [4.78, 5) is 39.2. The quantitative estimate of drug-likeness (QED) is 0.316. The number of aromatic nitrogens is 6. The lowest BCUT2D eigenvalue weighted by Crippen LogP contribution is -2.33. The van der Waals surface area contributed by atoms with Gasteiger partial charge in [0.15, 0.2) is 29.0 Å². The molecule has 1 saturated heterocycles. The van der Waals surface area contributed by atoms with Gasteiger partial charge >= 0.3 is 0 Å². The van der Waals surface area contributed by atoms with Crippen molar-refractivity contribution in [2.45, 2.75) is 38.3 Å². The molecule has 186 valence electrons. The van der Waals surface area contributed by atoms with E-state index in [1.807, 2.05) is 19.1 Å². The number of aliphatic hydroxyl groups is 1. The Morgan fingerprint density at radius 2 is 2.17 bits per heavy atom. The Bertz CT molecular complexity index is 1410. The number of pyridine rings is 2. The van der Waals surface area contributed by atoms with Gasteiger partial charge in [0.25, 0.3) is 5.91 Å². The van der Waals surface area contributed by atoms with Crippen LogP contribution in [0.25, 0.3) is 22.6 Å². The molecule has 3 N–H and O–H groups in total. The zero-order chi connectivity index (χ0) is 25.2. The average molecular weight is 511 g/mol. The summed E-state index contributed by atoms with van der Waals surface area (Å²) in [6.07, 6.45) is 3.68. The van der Waals surface area contributed by atoms with E-state index in [4.69, 9.17) is 16.3 Å². The molecule has 12 nitrogen and oxygen atoms in total. The number of hydrogen-bond acceptors (Lipinski definition) is 10. The van der Waals surface area contributed by atoms with Crippen molar-refractivity contribution in [1.29, 1.82) is 0 Å². The number of rotatable bonds is 7. The number of amides is 1. The first kappa shape index (κ1) is 24.0. The molecule has 0 radical (unpaired) electrons. The molecule has 0 spiro atoms. The van der Waals surface area contributed by atoms with Crippen LogP contribution >= 0.6 is 11.6 Å². The lowest BCUT2D eigenvalue weighted by Gasteiger charge is -2.17. The molecule has 5 rings (SSSR count). The fourth-order valence-corrected chi connectivity index (χ4v) is 4.17. The molecule has 3 atom stereocenters.